The van der Waals surface area contributed by atoms with Gasteiger partial charge in [0.05, 0.1) is 24.7 Å². The lowest BCUT2D eigenvalue weighted by molar-refractivity contribution is -0.130. The van der Waals surface area contributed by atoms with Crippen LogP contribution in [0.3, 0.4) is 0 Å². The number of piperidine rings is 1. The van der Waals surface area contributed by atoms with Gasteiger partial charge in [0.2, 0.25) is 11.9 Å². The van der Waals surface area contributed by atoms with Crippen LogP contribution < -0.4 is 15.4 Å². The van der Waals surface area contributed by atoms with Gasteiger partial charge in [-0.25, -0.2) is 4.98 Å². The lowest BCUT2D eigenvalue weighted by atomic mass is 9.97. The van der Waals surface area contributed by atoms with Crippen molar-refractivity contribution < 1.29 is 9.53 Å². The largest absolute Gasteiger partial charge is 0.493 e. The lowest BCUT2D eigenvalue weighted by Gasteiger charge is -2.31. The molecule has 1 amide bonds. The van der Waals surface area contributed by atoms with Crippen LogP contribution in [-0.4, -0.2) is 45.5 Å². The van der Waals surface area contributed by atoms with Crippen molar-refractivity contribution in [3.05, 3.63) is 59.0 Å². The Morgan fingerprint density at radius 1 is 1.12 bits per heavy atom. The van der Waals surface area contributed by atoms with Crippen molar-refractivity contribution in [1.82, 2.24) is 19.9 Å². The minimum atomic E-state index is 0.151. The van der Waals surface area contributed by atoms with Gasteiger partial charge in [-0.3, -0.25) is 9.78 Å². The summed E-state index contributed by atoms with van der Waals surface area (Å²) in [6.45, 7) is 3.89. The molecule has 1 fully saturated rings. The summed E-state index contributed by atoms with van der Waals surface area (Å²) in [7, 11) is 0. The number of aryl methyl sites for hydroxylation is 2. The molecule has 3 aromatic rings. The van der Waals surface area contributed by atoms with E-state index in [0.29, 0.717) is 29.3 Å². The Morgan fingerprint density at radius 2 is 1.97 bits per heavy atom. The van der Waals surface area contributed by atoms with Crippen molar-refractivity contribution in [1.29, 1.82) is 0 Å². The number of halogens is 1. The van der Waals surface area contributed by atoms with Crippen LogP contribution in [0.2, 0.25) is 5.02 Å². The Hall–Kier alpha value is -3.39. The number of carbonyl (C=O) groups is 1. The smallest absolute Gasteiger partial charge is 0.229 e. The quantitative estimate of drug-likeness (QED) is 0.561. The number of fused-ring (bicyclic) bond motifs is 6. The molecule has 0 atom stereocenters. The van der Waals surface area contributed by atoms with Gasteiger partial charge in [-0.05, 0) is 67.0 Å². The van der Waals surface area contributed by atoms with Crippen molar-refractivity contribution in [3.8, 4) is 5.75 Å². The van der Waals surface area contributed by atoms with E-state index in [-0.39, 0.29) is 5.91 Å². The van der Waals surface area contributed by atoms with Crippen LogP contribution in [0.25, 0.3) is 0 Å². The highest BCUT2D eigenvalue weighted by molar-refractivity contribution is 6.32. The SMILES string of the molecule is CC(=O)N1CCC(COc2ccc3cc2CCc2cncc(c2)Nc2ncc(Cl)c(n2)N3)CC1. The summed E-state index contributed by atoms with van der Waals surface area (Å²) >= 11 is 6.35. The number of rotatable bonds is 3. The molecule has 34 heavy (non-hydrogen) atoms. The Kier molecular flexibility index (Phi) is 6.49. The molecule has 0 aliphatic carbocycles. The minimum absolute atomic E-state index is 0.151. The number of aromatic nitrogens is 3. The highest BCUT2D eigenvalue weighted by Gasteiger charge is 2.21. The molecule has 6 bridgehead atoms. The van der Waals surface area contributed by atoms with Gasteiger partial charge >= 0.3 is 0 Å². The summed E-state index contributed by atoms with van der Waals surface area (Å²) in [5.41, 5.74) is 3.92. The summed E-state index contributed by atoms with van der Waals surface area (Å²) in [4.78, 5) is 26.7. The van der Waals surface area contributed by atoms with Crippen molar-refractivity contribution >= 4 is 40.6 Å². The normalized spacial score (nSPS) is 15.8. The summed E-state index contributed by atoms with van der Waals surface area (Å²) in [5.74, 6) is 2.45. The average molecular weight is 479 g/mol. The van der Waals surface area contributed by atoms with E-state index in [9.17, 15) is 4.79 Å². The third kappa shape index (κ3) is 5.22. The molecule has 4 heterocycles. The summed E-state index contributed by atoms with van der Waals surface area (Å²) in [6.07, 6.45) is 8.76. The Labute approximate surface area is 203 Å². The average Bonchev–Trinajstić information content (AvgIpc) is 2.84. The zero-order chi connectivity index (χ0) is 23.5. The summed E-state index contributed by atoms with van der Waals surface area (Å²) in [6, 6.07) is 8.13. The number of amides is 1. The summed E-state index contributed by atoms with van der Waals surface area (Å²) in [5, 5.41) is 6.95. The number of ether oxygens (including phenoxy) is 1. The zero-order valence-electron chi connectivity index (χ0n) is 19.1. The Bertz CT molecular complexity index is 1200. The van der Waals surface area contributed by atoms with Gasteiger partial charge in [0.15, 0.2) is 5.82 Å². The topological polar surface area (TPSA) is 92.3 Å². The molecule has 2 aliphatic heterocycles. The molecule has 0 saturated carbocycles. The maximum atomic E-state index is 11.6. The van der Waals surface area contributed by atoms with Crippen LogP contribution in [0.1, 0.15) is 30.9 Å². The van der Waals surface area contributed by atoms with E-state index in [2.05, 4.69) is 37.7 Å². The fourth-order valence-electron chi connectivity index (χ4n) is 4.37. The highest BCUT2D eigenvalue weighted by atomic mass is 35.5. The first-order chi connectivity index (χ1) is 16.5. The number of benzene rings is 1. The van der Waals surface area contributed by atoms with Crippen molar-refractivity contribution in [2.75, 3.05) is 30.3 Å². The molecular weight excluding hydrogens is 452 g/mol. The van der Waals surface area contributed by atoms with Crippen molar-refractivity contribution in [2.45, 2.75) is 32.6 Å². The highest BCUT2D eigenvalue weighted by Crippen LogP contribution is 2.31. The molecular formula is C25H27ClN6O2. The molecule has 8 nitrogen and oxygen atoms in total. The predicted molar refractivity (Wildman–Crippen MR) is 132 cm³/mol. The monoisotopic (exact) mass is 478 g/mol. The van der Waals surface area contributed by atoms with Crippen LogP contribution in [0.5, 0.6) is 5.75 Å². The molecule has 2 N–H and O–H groups in total. The molecule has 1 saturated heterocycles. The number of carbonyl (C=O) groups excluding carboxylic acids is 1. The van der Waals surface area contributed by atoms with Crippen molar-refractivity contribution in [2.24, 2.45) is 5.92 Å². The second-order valence-corrected chi connectivity index (χ2v) is 9.21. The summed E-state index contributed by atoms with van der Waals surface area (Å²) < 4.78 is 6.31. The molecule has 9 heteroatoms. The molecule has 176 valence electrons. The van der Waals surface area contributed by atoms with E-state index in [0.717, 1.165) is 67.0 Å². The fraction of sp³-hybridized carbons (Fsp3) is 0.360. The van der Waals surface area contributed by atoms with Gasteiger partial charge in [-0.15, -0.1) is 0 Å². The van der Waals surface area contributed by atoms with E-state index in [1.807, 2.05) is 23.2 Å². The van der Waals surface area contributed by atoms with Crippen molar-refractivity contribution in [3.63, 3.8) is 0 Å². The van der Waals surface area contributed by atoms with E-state index in [1.54, 1.807) is 19.3 Å². The van der Waals surface area contributed by atoms with Gasteiger partial charge in [0.1, 0.15) is 10.8 Å². The number of likely N-dealkylation sites (tertiary alicyclic amines) is 1. The standard InChI is InChI=1S/C25H27ClN6O2/c1-16(33)32-8-6-17(7-9-32)15-34-23-5-4-20-11-19(23)3-2-18-10-21(13-27-12-18)30-25-28-14-22(26)24(29-20)31-25/h4-5,10-14,17H,2-3,6-9,15H2,1H3,(H2,28,29,30,31). The lowest BCUT2D eigenvalue weighted by Crippen LogP contribution is -2.38. The van der Waals surface area contributed by atoms with Gasteiger partial charge < -0.3 is 20.3 Å². The van der Waals surface area contributed by atoms with Crippen LogP contribution in [0.15, 0.2) is 42.9 Å². The maximum Gasteiger partial charge on any atom is 0.229 e. The maximum absolute atomic E-state index is 11.6. The number of anilines is 4. The second-order valence-electron chi connectivity index (χ2n) is 8.80. The molecule has 5 rings (SSSR count). The molecule has 0 unspecified atom stereocenters. The van der Waals surface area contributed by atoms with Gasteiger partial charge in [-0.2, -0.15) is 4.98 Å². The van der Waals surface area contributed by atoms with E-state index in [1.165, 1.54) is 0 Å². The van der Waals surface area contributed by atoms with Crippen LogP contribution in [-0.2, 0) is 17.6 Å². The van der Waals surface area contributed by atoms with Gasteiger partial charge in [0.25, 0.3) is 0 Å². The van der Waals surface area contributed by atoms with Gasteiger partial charge in [-0.1, -0.05) is 11.6 Å². The third-order valence-corrected chi connectivity index (χ3v) is 6.61. The molecule has 1 aromatic carbocycles. The Balaban J connectivity index is 1.38. The number of hydrogen-bond donors (Lipinski definition) is 2. The fourth-order valence-corrected chi connectivity index (χ4v) is 4.51. The predicted octanol–water partition coefficient (Wildman–Crippen LogP) is 4.75. The molecule has 2 aromatic heterocycles. The molecule has 0 spiro atoms. The Morgan fingerprint density at radius 3 is 2.79 bits per heavy atom. The number of pyridine rings is 1. The molecule has 2 aliphatic rings. The first kappa shape index (κ1) is 22.4. The van der Waals surface area contributed by atoms with Crippen LogP contribution in [0, 0.1) is 5.92 Å². The first-order valence-electron chi connectivity index (χ1n) is 11.6. The van der Waals surface area contributed by atoms with E-state index in [4.69, 9.17) is 16.3 Å². The number of nitrogens with one attached hydrogen (secondary N) is 2. The van der Waals surface area contributed by atoms with E-state index < -0.39 is 0 Å². The number of nitrogens with zero attached hydrogens (tertiary/aromatic N) is 4. The second kappa shape index (κ2) is 9.85. The minimum Gasteiger partial charge on any atom is -0.493 e. The molecule has 0 radical (unpaired) electrons. The number of hydrogen-bond acceptors (Lipinski definition) is 7. The van der Waals surface area contributed by atoms with E-state index >= 15 is 0 Å². The van der Waals surface area contributed by atoms with Gasteiger partial charge in [0, 0.05) is 31.9 Å². The zero-order valence-corrected chi connectivity index (χ0v) is 19.8. The van der Waals surface area contributed by atoms with Crippen LogP contribution in [0.4, 0.5) is 23.1 Å². The third-order valence-electron chi connectivity index (χ3n) is 6.34. The first-order valence-corrected chi connectivity index (χ1v) is 11.9. The van der Waals surface area contributed by atoms with Crippen LogP contribution >= 0.6 is 11.6 Å².